The third-order valence-electron chi connectivity index (χ3n) is 3.00. The van der Waals surface area contributed by atoms with Crippen LogP contribution in [-0.4, -0.2) is 28.1 Å². The van der Waals surface area contributed by atoms with Crippen LogP contribution < -0.4 is 4.90 Å². The molecule has 0 saturated carbocycles. The van der Waals surface area contributed by atoms with Gasteiger partial charge in [-0.3, -0.25) is 4.79 Å². The molecule has 1 N–H and O–H groups in total. The van der Waals surface area contributed by atoms with Crippen LogP contribution in [0, 0.1) is 0 Å². The zero-order valence-corrected chi connectivity index (χ0v) is 10.8. The summed E-state index contributed by atoms with van der Waals surface area (Å²) in [7, 11) is 1.87. The van der Waals surface area contributed by atoms with Crippen molar-refractivity contribution < 1.29 is 9.90 Å². The minimum atomic E-state index is -0.826. The Kier molecular flexibility index (Phi) is 3.75. The van der Waals surface area contributed by atoms with Crippen LogP contribution in [0.3, 0.4) is 0 Å². The van der Waals surface area contributed by atoms with Crippen molar-refractivity contribution >= 4 is 17.6 Å². The molecule has 0 spiro atoms. The maximum atomic E-state index is 10.9. The molecule has 1 aromatic heterocycles. The Balaban J connectivity index is 2.21. The summed E-state index contributed by atoms with van der Waals surface area (Å²) in [6.07, 6.45) is 3.36. The molecule has 0 aliphatic carbocycles. The predicted molar refractivity (Wildman–Crippen MR) is 72.6 cm³/mol. The van der Waals surface area contributed by atoms with Crippen molar-refractivity contribution in [3.8, 4) is 0 Å². The van der Waals surface area contributed by atoms with E-state index < -0.39 is 11.9 Å². The molecule has 0 fully saturated rings. The van der Waals surface area contributed by atoms with Crippen molar-refractivity contribution in [1.29, 1.82) is 0 Å². The maximum absolute atomic E-state index is 10.9. The number of carboxylic acid groups (broad SMARTS) is 1. The first-order valence-electron chi connectivity index (χ1n) is 5.93. The molecule has 0 bridgehead atoms. The molecular formula is C14H15N3O2. The summed E-state index contributed by atoms with van der Waals surface area (Å²) in [4.78, 5) is 21.1. The lowest BCUT2D eigenvalue weighted by molar-refractivity contribution is -0.138. The summed E-state index contributed by atoms with van der Waals surface area (Å²) in [5.74, 6) is -0.735. The standard InChI is InChI=1S/C14H15N3O2/c1-10(13(18)19)11-4-6-12(7-5-11)17(2)14-15-8-3-9-16-14/h3-10H,1-2H3,(H,18,19). The van der Waals surface area contributed by atoms with Gasteiger partial charge >= 0.3 is 5.97 Å². The molecule has 2 aromatic rings. The van der Waals surface area contributed by atoms with Crippen LogP contribution in [0.5, 0.6) is 0 Å². The fraction of sp³-hybridized carbons (Fsp3) is 0.214. The third-order valence-corrected chi connectivity index (χ3v) is 3.00. The second kappa shape index (κ2) is 5.48. The Labute approximate surface area is 111 Å². The highest BCUT2D eigenvalue weighted by Gasteiger charge is 2.14. The van der Waals surface area contributed by atoms with Crippen molar-refractivity contribution in [3.63, 3.8) is 0 Å². The van der Waals surface area contributed by atoms with Gasteiger partial charge in [-0.15, -0.1) is 0 Å². The number of aliphatic carboxylic acids is 1. The highest BCUT2D eigenvalue weighted by atomic mass is 16.4. The number of nitrogens with zero attached hydrogens (tertiary/aromatic N) is 3. The van der Waals surface area contributed by atoms with Crippen molar-refractivity contribution in [3.05, 3.63) is 48.3 Å². The van der Waals surface area contributed by atoms with Gasteiger partial charge in [-0.1, -0.05) is 12.1 Å². The van der Waals surface area contributed by atoms with Gasteiger partial charge in [-0.05, 0) is 30.7 Å². The molecule has 1 heterocycles. The van der Waals surface area contributed by atoms with E-state index >= 15 is 0 Å². The summed E-state index contributed by atoms with van der Waals surface area (Å²) in [6, 6.07) is 9.12. The number of hydrogen-bond acceptors (Lipinski definition) is 4. The third kappa shape index (κ3) is 2.88. The Morgan fingerprint density at radius 3 is 2.32 bits per heavy atom. The molecular weight excluding hydrogens is 242 g/mol. The van der Waals surface area contributed by atoms with E-state index in [9.17, 15) is 4.79 Å². The molecule has 1 atom stereocenters. The molecule has 0 aliphatic rings. The first-order chi connectivity index (χ1) is 9.09. The van der Waals surface area contributed by atoms with E-state index in [-0.39, 0.29) is 0 Å². The molecule has 2 rings (SSSR count). The maximum Gasteiger partial charge on any atom is 0.310 e. The Morgan fingerprint density at radius 2 is 1.79 bits per heavy atom. The van der Waals surface area contributed by atoms with E-state index in [1.807, 2.05) is 36.2 Å². The number of benzene rings is 1. The van der Waals surface area contributed by atoms with E-state index in [1.165, 1.54) is 0 Å². The first-order valence-corrected chi connectivity index (χ1v) is 5.93. The van der Waals surface area contributed by atoms with Gasteiger partial charge in [0.2, 0.25) is 5.95 Å². The molecule has 5 nitrogen and oxygen atoms in total. The number of hydrogen-bond donors (Lipinski definition) is 1. The second-order valence-corrected chi connectivity index (χ2v) is 4.26. The van der Waals surface area contributed by atoms with Crippen molar-refractivity contribution in [1.82, 2.24) is 9.97 Å². The smallest absolute Gasteiger partial charge is 0.310 e. The summed E-state index contributed by atoms with van der Waals surface area (Å²) in [6.45, 7) is 1.67. The Morgan fingerprint density at radius 1 is 1.21 bits per heavy atom. The van der Waals surface area contributed by atoms with Crippen LogP contribution in [0.15, 0.2) is 42.7 Å². The van der Waals surface area contributed by atoms with Crippen molar-refractivity contribution in [2.24, 2.45) is 0 Å². The highest BCUT2D eigenvalue weighted by molar-refractivity contribution is 5.75. The molecule has 0 amide bonds. The van der Waals surface area contributed by atoms with Gasteiger partial charge in [0.15, 0.2) is 0 Å². The number of rotatable bonds is 4. The molecule has 1 aromatic carbocycles. The second-order valence-electron chi connectivity index (χ2n) is 4.26. The lowest BCUT2D eigenvalue weighted by Gasteiger charge is -2.17. The Hall–Kier alpha value is -2.43. The summed E-state index contributed by atoms with van der Waals surface area (Å²) >= 11 is 0. The van der Waals surface area contributed by atoms with Crippen LogP contribution in [0.1, 0.15) is 18.4 Å². The lowest BCUT2D eigenvalue weighted by atomic mass is 10.0. The molecule has 5 heteroatoms. The minimum absolute atomic E-state index is 0.507. The number of carbonyl (C=O) groups is 1. The average molecular weight is 257 g/mol. The van der Waals surface area contributed by atoms with Gasteiger partial charge < -0.3 is 10.0 Å². The van der Waals surface area contributed by atoms with Gasteiger partial charge in [0, 0.05) is 25.1 Å². The lowest BCUT2D eigenvalue weighted by Crippen LogP contribution is -2.13. The normalized spacial score (nSPS) is 11.9. The average Bonchev–Trinajstić information content (AvgIpc) is 2.46. The van der Waals surface area contributed by atoms with Crippen LogP contribution in [0.4, 0.5) is 11.6 Å². The number of carboxylic acids is 1. The fourth-order valence-electron chi connectivity index (χ4n) is 1.71. The SMILES string of the molecule is CC(C(=O)O)c1ccc(N(C)c2ncccn2)cc1. The Bertz CT molecular complexity index is 555. The van der Waals surface area contributed by atoms with E-state index in [0.717, 1.165) is 11.3 Å². The van der Waals surface area contributed by atoms with Crippen LogP contribution >= 0.6 is 0 Å². The van der Waals surface area contributed by atoms with Gasteiger partial charge in [-0.25, -0.2) is 9.97 Å². The van der Waals surface area contributed by atoms with E-state index in [2.05, 4.69) is 9.97 Å². The van der Waals surface area contributed by atoms with E-state index in [0.29, 0.717) is 5.95 Å². The number of aromatic nitrogens is 2. The monoisotopic (exact) mass is 257 g/mol. The topological polar surface area (TPSA) is 66.3 Å². The van der Waals surface area contributed by atoms with Crippen molar-refractivity contribution in [2.45, 2.75) is 12.8 Å². The quantitative estimate of drug-likeness (QED) is 0.911. The van der Waals surface area contributed by atoms with Gasteiger partial charge in [0.25, 0.3) is 0 Å². The minimum Gasteiger partial charge on any atom is -0.481 e. The molecule has 1 unspecified atom stereocenters. The predicted octanol–water partition coefficient (Wildman–Crippen LogP) is 2.43. The summed E-state index contributed by atoms with van der Waals surface area (Å²) in [5, 5.41) is 8.96. The molecule has 0 saturated heterocycles. The largest absolute Gasteiger partial charge is 0.481 e. The van der Waals surface area contributed by atoms with E-state index in [4.69, 9.17) is 5.11 Å². The first kappa shape index (κ1) is 13.0. The molecule has 0 aliphatic heterocycles. The number of anilines is 2. The zero-order valence-electron chi connectivity index (χ0n) is 10.8. The molecule has 0 radical (unpaired) electrons. The van der Waals surface area contributed by atoms with Crippen LogP contribution in [0.25, 0.3) is 0 Å². The van der Waals surface area contributed by atoms with Crippen LogP contribution in [0.2, 0.25) is 0 Å². The van der Waals surface area contributed by atoms with Gasteiger partial charge in [-0.2, -0.15) is 0 Å². The summed E-state index contributed by atoms with van der Waals surface area (Å²) < 4.78 is 0. The highest BCUT2D eigenvalue weighted by Crippen LogP contribution is 2.23. The van der Waals surface area contributed by atoms with Gasteiger partial charge in [0.1, 0.15) is 0 Å². The van der Waals surface area contributed by atoms with Crippen LogP contribution in [-0.2, 0) is 4.79 Å². The fourth-order valence-corrected chi connectivity index (χ4v) is 1.71. The van der Waals surface area contributed by atoms with Crippen molar-refractivity contribution in [2.75, 3.05) is 11.9 Å². The molecule has 19 heavy (non-hydrogen) atoms. The van der Waals surface area contributed by atoms with E-state index in [1.54, 1.807) is 25.4 Å². The zero-order chi connectivity index (χ0) is 13.8. The van der Waals surface area contributed by atoms with Gasteiger partial charge in [0.05, 0.1) is 5.92 Å². The molecule has 98 valence electrons. The summed E-state index contributed by atoms with van der Waals surface area (Å²) in [5.41, 5.74) is 1.69.